The van der Waals surface area contributed by atoms with Gasteiger partial charge in [0.05, 0.1) is 18.2 Å². The van der Waals surface area contributed by atoms with E-state index in [1.807, 2.05) is 13.8 Å². The van der Waals surface area contributed by atoms with Crippen molar-refractivity contribution in [1.29, 1.82) is 0 Å². The molecule has 2 aromatic rings. The second kappa shape index (κ2) is 9.07. The van der Waals surface area contributed by atoms with Crippen LogP contribution in [-0.4, -0.2) is 39.5 Å². The summed E-state index contributed by atoms with van der Waals surface area (Å²) in [6.45, 7) is 4.29. The third-order valence-electron chi connectivity index (χ3n) is 6.38. The first kappa shape index (κ1) is 21.9. The molecule has 2 aliphatic rings. The summed E-state index contributed by atoms with van der Waals surface area (Å²) in [4.78, 5) is 28.0. The molecule has 0 aromatic heterocycles. The number of amides is 1. The predicted octanol–water partition coefficient (Wildman–Crippen LogP) is 4.85. The number of ketones is 1. The Bertz CT molecular complexity index is 1070. The molecule has 4 rings (SSSR count). The van der Waals surface area contributed by atoms with E-state index in [-0.39, 0.29) is 23.1 Å². The van der Waals surface area contributed by atoms with Crippen LogP contribution in [0.2, 0.25) is 0 Å². The van der Waals surface area contributed by atoms with Crippen LogP contribution in [0.1, 0.15) is 61.8 Å². The van der Waals surface area contributed by atoms with Crippen molar-refractivity contribution in [2.45, 2.75) is 58.0 Å². The monoisotopic (exact) mass is 435 g/mol. The fourth-order valence-electron chi connectivity index (χ4n) is 4.88. The van der Waals surface area contributed by atoms with Gasteiger partial charge in [-0.3, -0.25) is 9.59 Å². The van der Waals surface area contributed by atoms with Crippen LogP contribution in [-0.2, 0) is 9.59 Å². The van der Waals surface area contributed by atoms with Crippen LogP contribution in [0.25, 0.3) is 5.76 Å². The van der Waals surface area contributed by atoms with Gasteiger partial charge in [-0.25, -0.2) is 0 Å². The van der Waals surface area contributed by atoms with Gasteiger partial charge in [0.15, 0.2) is 0 Å². The molecule has 2 fully saturated rings. The largest absolute Gasteiger partial charge is 0.508 e. The molecule has 1 atom stereocenters. The van der Waals surface area contributed by atoms with Crippen LogP contribution in [0.3, 0.4) is 0 Å². The van der Waals surface area contributed by atoms with Gasteiger partial charge in [0.25, 0.3) is 11.7 Å². The average molecular weight is 436 g/mol. The fraction of sp³-hybridized carbons (Fsp3) is 0.385. The predicted molar refractivity (Wildman–Crippen MR) is 121 cm³/mol. The summed E-state index contributed by atoms with van der Waals surface area (Å²) in [5.74, 6) is -0.728. The van der Waals surface area contributed by atoms with E-state index < -0.39 is 17.7 Å². The highest BCUT2D eigenvalue weighted by Crippen LogP contribution is 2.43. The second-order valence-electron chi connectivity index (χ2n) is 8.51. The molecule has 2 N–H and O–H groups in total. The first-order valence-corrected chi connectivity index (χ1v) is 11.2. The zero-order valence-electron chi connectivity index (χ0n) is 18.5. The normalized spacial score (nSPS) is 21.2. The Labute approximate surface area is 188 Å². The number of aryl methyl sites for hydroxylation is 1. The number of phenols is 1. The van der Waals surface area contributed by atoms with E-state index in [2.05, 4.69) is 0 Å². The standard InChI is InChI=1S/C26H29NO5/c1-3-32-21-13-12-18(14-16(21)2)24(29)22-23(17-8-7-11-20(28)15-17)27(26(31)25(22)30)19-9-5-4-6-10-19/h7-8,11-15,19,23,28-29H,3-6,9-10H2,1-2H3/b24-22-. The number of nitrogens with zero attached hydrogens (tertiary/aromatic N) is 1. The van der Waals surface area contributed by atoms with Crippen molar-refractivity contribution in [2.24, 2.45) is 0 Å². The Hall–Kier alpha value is -3.28. The number of Topliss-reactive ketones (excluding diaryl/α,β-unsaturated/α-hetero) is 1. The van der Waals surface area contributed by atoms with Crippen molar-refractivity contribution in [3.05, 3.63) is 64.7 Å². The third-order valence-corrected chi connectivity index (χ3v) is 6.38. The molecule has 0 bridgehead atoms. The Morgan fingerprint density at radius 2 is 1.84 bits per heavy atom. The van der Waals surface area contributed by atoms with Gasteiger partial charge in [0.1, 0.15) is 17.3 Å². The molecule has 1 heterocycles. The molecule has 2 aromatic carbocycles. The molecule has 1 aliphatic heterocycles. The van der Waals surface area contributed by atoms with Crippen molar-refractivity contribution in [3.8, 4) is 11.5 Å². The lowest BCUT2D eigenvalue weighted by molar-refractivity contribution is -0.141. The average Bonchev–Trinajstić information content (AvgIpc) is 3.06. The Morgan fingerprint density at radius 3 is 2.50 bits per heavy atom. The zero-order chi connectivity index (χ0) is 22.8. The van der Waals surface area contributed by atoms with Crippen molar-refractivity contribution >= 4 is 17.4 Å². The molecule has 6 heteroatoms. The minimum absolute atomic E-state index is 0.0497. The number of likely N-dealkylation sites (tertiary alicyclic amines) is 1. The highest BCUT2D eigenvalue weighted by atomic mass is 16.5. The highest BCUT2D eigenvalue weighted by Gasteiger charge is 2.48. The molecular formula is C26H29NO5. The Morgan fingerprint density at radius 1 is 1.09 bits per heavy atom. The lowest BCUT2D eigenvalue weighted by atomic mass is 9.90. The summed E-state index contributed by atoms with van der Waals surface area (Å²) >= 11 is 0. The summed E-state index contributed by atoms with van der Waals surface area (Å²) in [6, 6.07) is 11.0. The molecule has 32 heavy (non-hydrogen) atoms. The van der Waals surface area contributed by atoms with Gasteiger partial charge in [0.2, 0.25) is 0 Å². The second-order valence-corrected chi connectivity index (χ2v) is 8.51. The minimum Gasteiger partial charge on any atom is -0.508 e. The number of ether oxygens (including phenoxy) is 1. The summed E-state index contributed by atoms with van der Waals surface area (Å²) in [5, 5.41) is 21.3. The van der Waals surface area contributed by atoms with Gasteiger partial charge >= 0.3 is 0 Å². The third kappa shape index (κ3) is 3.97. The summed E-state index contributed by atoms with van der Waals surface area (Å²) in [6.07, 6.45) is 4.76. The number of rotatable bonds is 5. The quantitative estimate of drug-likeness (QED) is 0.398. The number of aliphatic hydroxyl groups excluding tert-OH is 1. The van der Waals surface area contributed by atoms with Crippen molar-refractivity contribution in [1.82, 2.24) is 4.90 Å². The molecule has 1 amide bonds. The van der Waals surface area contributed by atoms with Crippen molar-refractivity contribution in [2.75, 3.05) is 6.61 Å². The topological polar surface area (TPSA) is 87.1 Å². The van der Waals surface area contributed by atoms with E-state index in [4.69, 9.17) is 4.74 Å². The van der Waals surface area contributed by atoms with Gasteiger partial charge in [-0.15, -0.1) is 0 Å². The van der Waals surface area contributed by atoms with Gasteiger partial charge in [-0.05, 0) is 68.1 Å². The van der Waals surface area contributed by atoms with E-state index in [1.54, 1.807) is 47.4 Å². The first-order valence-electron chi connectivity index (χ1n) is 11.2. The summed E-state index contributed by atoms with van der Waals surface area (Å²) < 4.78 is 5.58. The number of aliphatic hydroxyl groups is 1. The van der Waals surface area contributed by atoms with Gasteiger partial charge in [-0.1, -0.05) is 31.4 Å². The molecule has 1 unspecified atom stereocenters. The van der Waals surface area contributed by atoms with E-state index in [0.717, 1.165) is 37.7 Å². The SMILES string of the molecule is CCOc1ccc(/C(O)=C2/C(=O)C(=O)N(C3CCCCC3)C2c2cccc(O)c2)cc1C. The number of phenolic OH excluding ortho intramolecular Hbond substituents is 1. The Balaban J connectivity index is 1.85. The smallest absolute Gasteiger partial charge is 0.295 e. The maximum absolute atomic E-state index is 13.2. The molecule has 1 saturated carbocycles. The number of aromatic hydroxyl groups is 1. The number of carbonyl (C=O) groups is 2. The Kier molecular flexibility index (Phi) is 6.21. The van der Waals surface area contributed by atoms with Crippen LogP contribution in [0.15, 0.2) is 48.0 Å². The fourth-order valence-corrected chi connectivity index (χ4v) is 4.88. The van der Waals surface area contributed by atoms with E-state index in [9.17, 15) is 19.8 Å². The van der Waals surface area contributed by atoms with Gasteiger partial charge < -0.3 is 19.8 Å². The van der Waals surface area contributed by atoms with Crippen LogP contribution in [0.5, 0.6) is 11.5 Å². The number of hydrogen-bond donors (Lipinski definition) is 2. The van der Waals surface area contributed by atoms with Crippen LogP contribution in [0, 0.1) is 6.92 Å². The first-order chi connectivity index (χ1) is 15.4. The minimum atomic E-state index is -0.739. The summed E-state index contributed by atoms with van der Waals surface area (Å²) in [7, 11) is 0. The lowest BCUT2D eigenvalue weighted by Gasteiger charge is -2.35. The van der Waals surface area contributed by atoms with Crippen LogP contribution in [0.4, 0.5) is 0 Å². The highest BCUT2D eigenvalue weighted by molar-refractivity contribution is 6.46. The molecule has 1 saturated heterocycles. The maximum Gasteiger partial charge on any atom is 0.295 e. The molecule has 6 nitrogen and oxygen atoms in total. The number of benzene rings is 2. The summed E-state index contributed by atoms with van der Waals surface area (Å²) in [5.41, 5.74) is 1.96. The molecule has 0 spiro atoms. The maximum atomic E-state index is 13.2. The number of hydrogen-bond acceptors (Lipinski definition) is 5. The number of carbonyl (C=O) groups excluding carboxylic acids is 2. The van der Waals surface area contributed by atoms with Crippen LogP contribution < -0.4 is 4.74 Å². The van der Waals surface area contributed by atoms with E-state index >= 15 is 0 Å². The van der Waals surface area contributed by atoms with Gasteiger partial charge in [0, 0.05) is 11.6 Å². The lowest BCUT2D eigenvalue weighted by Crippen LogP contribution is -2.40. The molecule has 0 radical (unpaired) electrons. The molecule has 1 aliphatic carbocycles. The van der Waals surface area contributed by atoms with Crippen molar-refractivity contribution in [3.63, 3.8) is 0 Å². The van der Waals surface area contributed by atoms with Crippen molar-refractivity contribution < 1.29 is 24.5 Å². The zero-order valence-corrected chi connectivity index (χ0v) is 18.5. The molecular weight excluding hydrogens is 406 g/mol. The molecule has 168 valence electrons. The van der Waals surface area contributed by atoms with E-state index in [0.29, 0.717) is 23.5 Å². The van der Waals surface area contributed by atoms with E-state index in [1.165, 1.54) is 0 Å². The van der Waals surface area contributed by atoms with Gasteiger partial charge in [-0.2, -0.15) is 0 Å². The van der Waals surface area contributed by atoms with Crippen LogP contribution >= 0.6 is 0 Å².